The van der Waals surface area contributed by atoms with Crippen molar-refractivity contribution in [3.05, 3.63) is 41.5 Å². The van der Waals surface area contributed by atoms with Gasteiger partial charge in [0.15, 0.2) is 0 Å². The van der Waals surface area contributed by atoms with Crippen LogP contribution >= 0.6 is 0 Å². The summed E-state index contributed by atoms with van der Waals surface area (Å²) in [5.41, 5.74) is 7.16. The lowest BCUT2D eigenvalue weighted by Crippen LogP contribution is -2.16. The van der Waals surface area contributed by atoms with Crippen molar-refractivity contribution in [3.8, 4) is 0 Å². The summed E-state index contributed by atoms with van der Waals surface area (Å²) in [4.78, 5) is 16.9. The maximum atomic E-state index is 13.6. The lowest BCUT2D eigenvalue weighted by atomic mass is 10.1. The molecule has 0 fully saturated rings. The number of nitrogens with zero attached hydrogens (tertiary/aromatic N) is 4. The Hall–Kier alpha value is -3.07. The number of hydrogen-bond donors (Lipinski definition) is 3. The molecule has 0 saturated heterocycles. The van der Waals surface area contributed by atoms with Crippen LogP contribution in [0.1, 0.15) is 24.4 Å². The number of pyridine rings is 1. The summed E-state index contributed by atoms with van der Waals surface area (Å²) in [5.74, 6) is 1.39. The molecule has 0 spiro atoms. The van der Waals surface area contributed by atoms with Gasteiger partial charge in [0.05, 0.1) is 18.2 Å². The van der Waals surface area contributed by atoms with E-state index in [-0.39, 0.29) is 17.8 Å². The minimum Gasteiger partial charge on any atom is -0.383 e. The van der Waals surface area contributed by atoms with Gasteiger partial charge >= 0.3 is 0 Å². The molecule has 2 aromatic heterocycles. The fourth-order valence-electron chi connectivity index (χ4n) is 2.74. The Kier molecular flexibility index (Phi) is 5.60. The smallest absolute Gasteiger partial charge is 0.228 e. The molecular weight excluding hydrogens is 349 g/mol. The van der Waals surface area contributed by atoms with Crippen molar-refractivity contribution < 1.29 is 9.13 Å². The minimum atomic E-state index is -0.326. The molecule has 0 bridgehead atoms. The van der Waals surface area contributed by atoms with Gasteiger partial charge < -0.3 is 21.1 Å². The third-order valence-electron chi connectivity index (χ3n) is 3.98. The van der Waals surface area contributed by atoms with E-state index in [1.165, 1.54) is 12.1 Å². The molecule has 0 aliphatic rings. The van der Waals surface area contributed by atoms with E-state index in [0.29, 0.717) is 36.3 Å². The van der Waals surface area contributed by atoms with E-state index >= 15 is 0 Å². The predicted octanol–water partition coefficient (Wildman–Crippen LogP) is 2.68. The van der Waals surface area contributed by atoms with Gasteiger partial charge in [0.25, 0.3) is 0 Å². The highest BCUT2D eigenvalue weighted by atomic mass is 19.1. The van der Waals surface area contributed by atoms with E-state index in [4.69, 9.17) is 10.5 Å². The van der Waals surface area contributed by atoms with Crippen LogP contribution in [0.25, 0.3) is 10.9 Å². The van der Waals surface area contributed by atoms with Gasteiger partial charge in [-0.1, -0.05) is 0 Å². The Bertz CT molecular complexity index is 930. The van der Waals surface area contributed by atoms with E-state index in [2.05, 4.69) is 30.6 Å². The number of methoxy groups -OCH3 is 1. The highest BCUT2D eigenvalue weighted by molar-refractivity contribution is 5.82. The Balaban J connectivity index is 1.96. The molecule has 0 aliphatic heterocycles. The van der Waals surface area contributed by atoms with Crippen molar-refractivity contribution in [1.29, 1.82) is 0 Å². The average molecular weight is 371 g/mol. The predicted molar refractivity (Wildman–Crippen MR) is 103 cm³/mol. The lowest BCUT2D eigenvalue weighted by molar-refractivity contribution is 0.210. The van der Waals surface area contributed by atoms with Gasteiger partial charge in [0.2, 0.25) is 11.9 Å². The van der Waals surface area contributed by atoms with Crippen LogP contribution in [0.5, 0.6) is 0 Å². The summed E-state index contributed by atoms with van der Waals surface area (Å²) in [6, 6.07) is 6.32. The van der Waals surface area contributed by atoms with Crippen molar-refractivity contribution in [1.82, 2.24) is 19.9 Å². The summed E-state index contributed by atoms with van der Waals surface area (Å²) < 4.78 is 18.7. The van der Waals surface area contributed by atoms with Gasteiger partial charge in [0, 0.05) is 30.7 Å². The zero-order chi connectivity index (χ0) is 19.4. The van der Waals surface area contributed by atoms with Gasteiger partial charge in [-0.15, -0.1) is 0 Å². The zero-order valence-electron chi connectivity index (χ0n) is 15.5. The molecule has 1 atom stereocenters. The minimum absolute atomic E-state index is 0.155. The maximum Gasteiger partial charge on any atom is 0.228 e. The first-order valence-corrected chi connectivity index (χ1v) is 8.54. The number of nitrogen functional groups attached to an aromatic ring is 1. The van der Waals surface area contributed by atoms with Gasteiger partial charge in [-0.25, -0.2) is 9.37 Å². The molecule has 2 heterocycles. The maximum absolute atomic E-state index is 13.6. The third-order valence-corrected chi connectivity index (χ3v) is 3.98. The fourth-order valence-corrected chi connectivity index (χ4v) is 2.74. The van der Waals surface area contributed by atoms with E-state index in [9.17, 15) is 4.39 Å². The van der Waals surface area contributed by atoms with Crippen molar-refractivity contribution in [2.45, 2.75) is 19.9 Å². The molecule has 9 heteroatoms. The quantitative estimate of drug-likeness (QED) is 0.544. The van der Waals surface area contributed by atoms with Crippen molar-refractivity contribution in [2.75, 3.05) is 36.6 Å². The molecule has 0 amide bonds. The first-order valence-electron chi connectivity index (χ1n) is 8.54. The number of halogens is 1. The number of aromatic nitrogens is 4. The summed E-state index contributed by atoms with van der Waals surface area (Å²) in [5, 5.41) is 7.29. The standard InChI is InChI=1S/C18H22FN7O/c1-10(22-18-24-11(2)23-17(20)26-18)14-8-12-4-5-13(19)9-15(12)25-16(14)21-6-7-27-3/h4-5,8-10H,6-7H2,1-3H3,(H,21,25)(H3,20,22,23,24,26). The molecule has 1 aromatic carbocycles. The molecule has 142 valence electrons. The van der Waals surface area contributed by atoms with Gasteiger partial charge in [-0.3, -0.25) is 0 Å². The number of ether oxygens (including phenoxy) is 1. The Morgan fingerprint density at radius 3 is 2.74 bits per heavy atom. The topological polar surface area (TPSA) is 111 Å². The molecule has 4 N–H and O–H groups in total. The highest BCUT2D eigenvalue weighted by Gasteiger charge is 2.15. The van der Waals surface area contributed by atoms with Crippen LogP contribution in [0.4, 0.5) is 22.1 Å². The number of fused-ring (bicyclic) bond motifs is 1. The molecule has 0 aliphatic carbocycles. The number of nitrogens with two attached hydrogens (primary N) is 1. The normalized spacial score (nSPS) is 12.1. The number of nitrogens with one attached hydrogen (secondary N) is 2. The Morgan fingerprint density at radius 2 is 2.00 bits per heavy atom. The van der Waals surface area contributed by atoms with Gasteiger partial charge in [0.1, 0.15) is 17.5 Å². The Morgan fingerprint density at radius 1 is 1.19 bits per heavy atom. The Labute approximate surface area is 156 Å². The van der Waals surface area contributed by atoms with E-state index < -0.39 is 0 Å². The van der Waals surface area contributed by atoms with E-state index in [1.807, 2.05) is 13.0 Å². The largest absolute Gasteiger partial charge is 0.383 e. The van der Waals surface area contributed by atoms with Crippen molar-refractivity contribution >= 4 is 28.6 Å². The first kappa shape index (κ1) is 18.7. The van der Waals surface area contributed by atoms with Crippen LogP contribution in [0, 0.1) is 12.7 Å². The number of anilines is 3. The summed E-state index contributed by atoms with van der Waals surface area (Å²) >= 11 is 0. The average Bonchev–Trinajstić information content (AvgIpc) is 2.60. The number of rotatable bonds is 7. The van der Waals surface area contributed by atoms with Gasteiger partial charge in [-0.2, -0.15) is 15.0 Å². The number of hydrogen-bond acceptors (Lipinski definition) is 8. The third kappa shape index (κ3) is 4.56. The zero-order valence-corrected chi connectivity index (χ0v) is 15.5. The second-order valence-corrected chi connectivity index (χ2v) is 6.11. The number of benzene rings is 1. The molecule has 1 unspecified atom stereocenters. The molecular formula is C18H22FN7O. The summed E-state index contributed by atoms with van der Waals surface area (Å²) in [6.07, 6.45) is 0. The van der Waals surface area contributed by atoms with Crippen LogP contribution in [0.2, 0.25) is 0 Å². The summed E-state index contributed by atoms with van der Waals surface area (Å²) in [6.45, 7) is 4.80. The number of aryl methyl sites for hydroxylation is 1. The lowest BCUT2D eigenvalue weighted by Gasteiger charge is -2.19. The first-order chi connectivity index (χ1) is 13.0. The fraction of sp³-hybridized carbons (Fsp3) is 0.333. The van der Waals surface area contributed by atoms with Crippen LogP contribution in [0.15, 0.2) is 24.3 Å². The molecule has 3 aromatic rings. The molecule has 3 rings (SSSR count). The van der Waals surface area contributed by atoms with Crippen LogP contribution in [0.3, 0.4) is 0 Å². The molecule has 8 nitrogen and oxygen atoms in total. The van der Waals surface area contributed by atoms with E-state index in [0.717, 1.165) is 10.9 Å². The second-order valence-electron chi connectivity index (χ2n) is 6.11. The molecule has 0 saturated carbocycles. The summed E-state index contributed by atoms with van der Waals surface area (Å²) in [7, 11) is 1.63. The van der Waals surface area contributed by atoms with Crippen LogP contribution < -0.4 is 16.4 Å². The van der Waals surface area contributed by atoms with Crippen molar-refractivity contribution in [2.24, 2.45) is 0 Å². The SMILES string of the molecule is COCCNc1nc2cc(F)ccc2cc1C(C)Nc1nc(C)nc(N)n1. The van der Waals surface area contributed by atoms with Gasteiger partial charge in [-0.05, 0) is 32.0 Å². The van der Waals surface area contributed by atoms with Crippen LogP contribution in [-0.4, -0.2) is 40.2 Å². The van der Waals surface area contributed by atoms with Crippen LogP contribution in [-0.2, 0) is 4.74 Å². The van der Waals surface area contributed by atoms with Crippen molar-refractivity contribution in [3.63, 3.8) is 0 Å². The van der Waals surface area contributed by atoms with E-state index in [1.54, 1.807) is 20.1 Å². The monoisotopic (exact) mass is 371 g/mol. The second kappa shape index (κ2) is 8.09. The molecule has 0 radical (unpaired) electrons. The molecule has 27 heavy (non-hydrogen) atoms. The highest BCUT2D eigenvalue weighted by Crippen LogP contribution is 2.28.